The topological polar surface area (TPSA) is 37.3 Å². The summed E-state index contributed by atoms with van der Waals surface area (Å²) in [6.07, 6.45) is 15.4. The van der Waals surface area contributed by atoms with Crippen molar-refractivity contribution in [3.8, 4) is 0 Å². The van der Waals surface area contributed by atoms with Crippen LogP contribution in [0.15, 0.2) is 12.2 Å². The van der Waals surface area contributed by atoms with Crippen LogP contribution < -0.4 is 0 Å². The lowest BCUT2D eigenvalue weighted by atomic mass is 9.38. The molecule has 0 aliphatic heterocycles. The van der Waals surface area contributed by atoms with Crippen LogP contribution in [0.1, 0.15) is 58.3 Å². The number of allylic oxidation sites excluding steroid dienone is 2. The Morgan fingerprint density at radius 2 is 1.73 bits per heavy atom. The van der Waals surface area contributed by atoms with Gasteiger partial charge in [-0.25, -0.2) is 0 Å². The maximum absolute atomic E-state index is 11.7. The molecule has 5 fully saturated rings. The second-order valence-corrected chi connectivity index (χ2v) is 9.23. The van der Waals surface area contributed by atoms with Gasteiger partial charge in [0, 0.05) is 0 Å². The first-order chi connectivity index (χ1) is 10.6. The van der Waals surface area contributed by atoms with Crippen LogP contribution in [0.3, 0.4) is 0 Å². The number of fused-ring (bicyclic) bond motifs is 3. The molecule has 0 aromatic heterocycles. The predicted octanol–water partition coefficient (Wildman–Crippen LogP) is 4.51. The number of aliphatic carboxylic acids is 1. The van der Waals surface area contributed by atoms with Gasteiger partial charge in [-0.2, -0.15) is 0 Å². The number of carboxylic acid groups (broad SMARTS) is 1. The van der Waals surface area contributed by atoms with Gasteiger partial charge in [-0.05, 0) is 91.8 Å². The van der Waals surface area contributed by atoms with E-state index in [0.717, 1.165) is 36.5 Å². The van der Waals surface area contributed by atoms with Crippen LogP contribution >= 0.6 is 0 Å². The molecule has 6 aliphatic carbocycles. The quantitative estimate of drug-likeness (QED) is 0.779. The monoisotopic (exact) mass is 300 g/mol. The maximum atomic E-state index is 11.7. The van der Waals surface area contributed by atoms with E-state index in [-0.39, 0.29) is 11.3 Å². The molecule has 1 N–H and O–H groups in total. The van der Waals surface area contributed by atoms with Gasteiger partial charge in [-0.15, -0.1) is 0 Å². The van der Waals surface area contributed by atoms with E-state index in [9.17, 15) is 9.90 Å². The SMILES string of the molecule is CCC1(C23C=CC(C2)C(C(=O)O)C3)C2CC3CC(C2)CC1C3. The zero-order valence-corrected chi connectivity index (χ0v) is 13.6. The Balaban J connectivity index is 1.58. The van der Waals surface area contributed by atoms with Gasteiger partial charge < -0.3 is 5.11 Å². The third-order valence-corrected chi connectivity index (χ3v) is 8.79. The molecule has 0 amide bonds. The van der Waals surface area contributed by atoms with Gasteiger partial charge in [-0.1, -0.05) is 19.1 Å². The van der Waals surface area contributed by atoms with Gasteiger partial charge in [0.05, 0.1) is 5.92 Å². The summed E-state index contributed by atoms with van der Waals surface area (Å²) in [4.78, 5) is 11.7. The van der Waals surface area contributed by atoms with Gasteiger partial charge in [0.25, 0.3) is 0 Å². The van der Waals surface area contributed by atoms with Crippen molar-refractivity contribution in [2.45, 2.75) is 58.3 Å². The zero-order chi connectivity index (χ0) is 15.1. The third kappa shape index (κ3) is 1.41. The largest absolute Gasteiger partial charge is 0.481 e. The van der Waals surface area contributed by atoms with E-state index in [0.29, 0.717) is 11.3 Å². The van der Waals surface area contributed by atoms with Crippen molar-refractivity contribution in [3.05, 3.63) is 12.2 Å². The van der Waals surface area contributed by atoms with Crippen molar-refractivity contribution in [1.82, 2.24) is 0 Å². The summed E-state index contributed by atoms with van der Waals surface area (Å²) in [6, 6.07) is 0. The zero-order valence-electron chi connectivity index (χ0n) is 13.6. The third-order valence-electron chi connectivity index (χ3n) is 8.79. The lowest BCUT2D eigenvalue weighted by Gasteiger charge is -2.67. The van der Waals surface area contributed by atoms with Gasteiger partial charge in [0.2, 0.25) is 0 Å². The van der Waals surface area contributed by atoms with Crippen molar-refractivity contribution < 1.29 is 9.90 Å². The second-order valence-electron chi connectivity index (χ2n) is 9.23. The van der Waals surface area contributed by atoms with Crippen LogP contribution in [0.25, 0.3) is 0 Å². The summed E-state index contributed by atoms with van der Waals surface area (Å²) in [5, 5.41) is 9.62. The molecule has 6 bridgehead atoms. The maximum Gasteiger partial charge on any atom is 0.307 e. The Bertz CT molecular complexity index is 520. The van der Waals surface area contributed by atoms with Gasteiger partial charge in [-0.3, -0.25) is 4.79 Å². The van der Waals surface area contributed by atoms with Crippen LogP contribution in [-0.2, 0) is 4.79 Å². The van der Waals surface area contributed by atoms with Crippen LogP contribution in [-0.4, -0.2) is 11.1 Å². The molecular weight excluding hydrogens is 272 g/mol. The van der Waals surface area contributed by atoms with E-state index in [4.69, 9.17) is 0 Å². The minimum atomic E-state index is -0.550. The van der Waals surface area contributed by atoms with Gasteiger partial charge in [0.15, 0.2) is 0 Å². The molecule has 0 aromatic rings. The molecule has 3 atom stereocenters. The van der Waals surface area contributed by atoms with Crippen LogP contribution in [0.4, 0.5) is 0 Å². The standard InChI is InChI=1S/C20H28O2/c1-2-20(15-6-12-5-13(8-15)9-16(20)7-12)19-4-3-14(10-19)17(11-19)18(21)22/h3-4,12-17H,2,5-11H2,1H3,(H,21,22). The molecule has 120 valence electrons. The summed E-state index contributed by atoms with van der Waals surface area (Å²) in [6.45, 7) is 2.41. The summed E-state index contributed by atoms with van der Waals surface area (Å²) in [5.41, 5.74) is 0.647. The Labute approximate surface area is 133 Å². The number of carboxylic acids is 1. The lowest BCUT2D eigenvalue weighted by molar-refractivity contribution is -0.167. The highest BCUT2D eigenvalue weighted by Gasteiger charge is 2.67. The molecule has 2 heteroatoms. The highest BCUT2D eigenvalue weighted by Crippen LogP contribution is 2.74. The van der Waals surface area contributed by atoms with E-state index in [1.165, 1.54) is 38.5 Å². The molecule has 0 saturated heterocycles. The number of rotatable bonds is 3. The fourth-order valence-corrected chi connectivity index (χ4v) is 8.41. The number of hydrogen-bond acceptors (Lipinski definition) is 1. The van der Waals surface area contributed by atoms with E-state index in [2.05, 4.69) is 19.1 Å². The molecule has 3 unspecified atom stereocenters. The first kappa shape index (κ1) is 13.6. The second kappa shape index (κ2) is 4.19. The fraction of sp³-hybridized carbons (Fsp3) is 0.850. The normalized spacial score (nSPS) is 57.7. The van der Waals surface area contributed by atoms with Crippen LogP contribution in [0.5, 0.6) is 0 Å². The van der Waals surface area contributed by atoms with Crippen molar-refractivity contribution in [3.63, 3.8) is 0 Å². The first-order valence-corrected chi connectivity index (χ1v) is 9.50. The Morgan fingerprint density at radius 1 is 1.09 bits per heavy atom. The van der Waals surface area contributed by atoms with Crippen molar-refractivity contribution in [2.75, 3.05) is 0 Å². The average molecular weight is 300 g/mol. The van der Waals surface area contributed by atoms with Crippen molar-refractivity contribution in [1.29, 1.82) is 0 Å². The Kier molecular flexibility index (Phi) is 2.59. The molecular formula is C20H28O2. The van der Waals surface area contributed by atoms with Gasteiger partial charge >= 0.3 is 5.97 Å². The minimum Gasteiger partial charge on any atom is -0.481 e. The molecule has 2 nitrogen and oxygen atoms in total. The molecule has 0 radical (unpaired) electrons. The predicted molar refractivity (Wildman–Crippen MR) is 85.2 cm³/mol. The Hall–Kier alpha value is -0.790. The summed E-state index contributed by atoms with van der Waals surface area (Å²) in [7, 11) is 0. The average Bonchev–Trinajstić information content (AvgIpc) is 3.06. The summed E-state index contributed by atoms with van der Waals surface area (Å²) in [5.74, 6) is 3.41. The number of carbonyl (C=O) groups is 1. The summed E-state index contributed by atoms with van der Waals surface area (Å²) < 4.78 is 0. The van der Waals surface area contributed by atoms with E-state index >= 15 is 0 Å². The van der Waals surface area contributed by atoms with Crippen LogP contribution in [0, 0.1) is 46.3 Å². The van der Waals surface area contributed by atoms with E-state index < -0.39 is 5.97 Å². The fourth-order valence-electron chi connectivity index (χ4n) is 8.41. The first-order valence-electron chi connectivity index (χ1n) is 9.50. The summed E-state index contributed by atoms with van der Waals surface area (Å²) >= 11 is 0. The highest BCUT2D eigenvalue weighted by atomic mass is 16.4. The molecule has 22 heavy (non-hydrogen) atoms. The van der Waals surface area contributed by atoms with Gasteiger partial charge in [0.1, 0.15) is 0 Å². The molecule has 0 heterocycles. The lowest BCUT2D eigenvalue weighted by Crippen LogP contribution is -2.59. The minimum absolute atomic E-state index is 0.106. The smallest absolute Gasteiger partial charge is 0.307 e. The van der Waals surface area contributed by atoms with Crippen molar-refractivity contribution in [2.24, 2.45) is 46.3 Å². The molecule has 0 aromatic carbocycles. The molecule has 5 saturated carbocycles. The van der Waals surface area contributed by atoms with E-state index in [1.807, 2.05) is 0 Å². The number of hydrogen-bond donors (Lipinski definition) is 1. The van der Waals surface area contributed by atoms with Crippen LogP contribution in [0.2, 0.25) is 0 Å². The molecule has 0 spiro atoms. The van der Waals surface area contributed by atoms with E-state index in [1.54, 1.807) is 0 Å². The Morgan fingerprint density at radius 3 is 2.23 bits per heavy atom. The molecule has 6 rings (SSSR count). The highest BCUT2D eigenvalue weighted by molar-refractivity contribution is 5.72. The van der Waals surface area contributed by atoms with Crippen molar-refractivity contribution >= 4 is 5.97 Å². The molecule has 6 aliphatic rings.